The highest BCUT2D eigenvalue weighted by atomic mass is 79.9. The van der Waals surface area contributed by atoms with Crippen molar-refractivity contribution in [1.82, 2.24) is 0 Å². The number of hydrogen-bond acceptors (Lipinski definition) is 4. The number of benzene rings is 2. The number of hydrogen-bond donors (Lipinski definition) is 0. The molecular weight excluding hydrogens is 370 g/mol. The molecule has 2 aromatic rings. The van der Waals surface area contributed by atoms with E-state index < -0.39 is 0 Å². The molecule has 0 saturated carbocycles. The molecule has 0 saturated heterocycles. The third-order valence-electron chi connectivity index (χ3n) is 3.12. The fourth-order valence-corrected chi connectivity index (χ4v) is 2.47. The second-order valence-corrected chi connectivity index (χ2v) is 6.50. The average molecular weight is 390 g/mol. The van der Waals surface area contributed by atoms with E-state index in [0.717, 1.165) is 21.3 Å². The molecule has 0 aliphatic heterocycles. The molecule has 0 atom stereocenters. The molecule has 0 amide bonds. The van der Waals surface area contributed by atoms with Crippen LogP contribution in [0.4, 0.5) is 5.69 Å². The molecule has 0 aliphatic carbocycles. The van der Waals surface area contributed by atoms with Gasteiger partial charge in [0, 0.05) is 10.7 Å². The van der Waals surface area contributed by atoms with Crippen LogP contribution in [0.2, 0.25) is 0 Å². The van der Waals surface area contributed by atoms with Crippen LogP contribution >= 0.6 is 15.9 Å². The summed E-state index contributed by atoms with van der Waals surface area (Å²) in [6, 6.07) is 13.3. The number of aliphatic imine (C=N–C) groups is 1. The number of ether oxygens (including phenoxy) is 2. The molecule has 0 aromatic heterocycles. The summed E-state index contributed by atoms with van der Waals surface area (Å²) in [5.74, 6) is 0.244. The van der Waals surface area contributed by atoms with Crippen molar-refractivity contribution in [2.75, 3.05) is 6.61 Å². The highest BCUT2D eigenvalue weighted by molar-refractivity contribution is 9.10. The molecule has 0 bridgehead atoms. The zero-order chi connectivity index (χ0) is 17.5. The van der Waals surface area contributed by atoms with E-state index in [9.17, 15) is 4.79 Å². The van der Waals surface area contributed by atoms with Gasteiger partial charge in [0.2, 0.25) is 0 Å². The normalized spacial score (nSPS) is 11.0. The van der Waals surface area contributed by atoms with Gasteiger partial charge in [-0.3, -0.25) is 4.99 Å². The molecule has 0 fully saturated rings. The summed E-state index contributed by atoms with van der Waals surface area (Å²) in [5.41, 5.74) is 2.98. The van der Waals surface area contributed by atoms with Gasteiger partial charge in [0.1, 0.15) is 5.75 Å². The summed E-state index contributed by atoms with van der Waals surface area (Å²) in [4.78, 5) is 15.9. The Morgan fingerprint density at radius 1 is 1.21 bits per heavy atom. The topological polar surface area (TPSA) is 47.9 Å². The molecule has 0 N–H and O–H groups in total. The minimum Gasteiger partial charge on any atom is -0.482 e. The summed E-state index contributed by atoms with van der Waals surface area (Å²) in [7, 11) is 0. The second kappa shape index (κ2) is 8.64. The van der Waals surface area contributed by atoms with Crippen LogP contribution in [-0.2, 0) is 9.53 Å². The van der Waals surface area contributed by atoms with Gasteiger partial charge < -0.3 is 9.47 Å². The Morgan fingerprint density at radius 3 is 2.54 bits per heavy atom. The fraction of sp³-hybridized carbons (Fsp3) is 0.263. The third kappa shape index (κ3) is 5.81. The van der Waals surface area contributed by atoms with Crippen LogP contribution in [0.3, 0.4) is 0 Å². The average Bonchev–Trinajstić information content (AvgIpc) is 2.52. The van der Waals surface area contributed by atoms with Crippen molar-refractivity contribution in [3.05, 3.63) is 58.1 Å². The van der Waals surface area contributed by atoms with E-state index in [0.29, 0.717) is 5.75 Å². The van der Waals surface area contributed by atoms with Crippen LogP contribution in [0.25, 0.3) is 0 Å². The zero-order valence-corrected chi connectivity index (χ0v) is 15.5. The summed E-state index contributed by atoms with van der Waals surface area (Å²) >= 11 is 3.44. The maximum absolute atomic E-state index is 11.4. The summed E-state index contributed by atoms with van der Waals surface area (Å²) in [6.45, 7) is 5.53. The summed E-state index contributed by atoms with van der Waals surface area (Å²) in [6.07, 6.45) is 1.66. The number of carbonyl (C=O) groups excluding carboxylic acids is 1. The monoisotopic (exact) mass is 389 g/mol. The molecule has 4 nitrogen and oxygen atoms in total. The van der Waals surface area contributed by atoms with Gasteiger partial charge in [0.15, 0.2) is 6.61 Å². The summed E-state index contributed by atoms with van der Waals surface area (Å²) < 4.78 is 11.4. The highest BCUT2D eigenvalue weighted by Crippen LogP contribution is 2.22. The second-order valence-electron chi connectivity index (χ2n) is 5.59. The number of carbonyl (C=O) groups is 1. The van der Waals surface area contributed by atoms with E-state index in [2.05, 4.69) is 20.9 Å². The Bertz CT molecular complexity index is 724. The predicted molar refractivity (Wildman–Crippen MR) is 99.3 cm³/mol. The first-order chi connectivity index (χ1) is 11.4. The highest BCUT2D eigenvalue weighted by Gasteiger charge is 2.06. The number of rotatable bonds is 6. The van der Waals surface area contributed by atoms with Crippen LogP contribution in [0.5, 0.6) is 5.75 Å². The van der Waals surface area contributed by atoms with Crippen molar-refractivity contribution < 1.29 is 14.3 Å². The van der Waals surface area contributed by atoms with Crippen LogP contribution in [-0.4, -0.2) is 24.9 Å². The van der Waals surface area contributed by atoms with Crippen molar-refractivity contribution in [3.8, 4) is 5.75 Å². The van der Waals surface area contributed by atoms with Crippen molar-refractivity contribution in [1.29, 1.82) is 0 Å². The van der Waals surface area contributed by atoms with Crippen LogP contribution in [0, 0.1) is 6.92 Å². The van der Waals surface area contributed by atoms with E-state index in [1.807, 2.05) is 37.3 Å². The number of aryl methyl sites for hydroxylation is 1. The van der Waals surface area contributed by atoms with Crippen molar-refractivity contribution >= 4 is 33.8 Å². The van der Waals surface area contributed by atoms with E-state index >= 15 is 0 Å². The lowest BCUT2D eigenvalue weighted by molar-refractivity contribution is -0.149. The predicted octanol–water partition coefficient (Wildman–Crippen LogP) is 4.84. The minimum absolute atomic E-state index is 0.0935. The smallest absolute Gasteiger partial charge is 0.344 e. The lowest BCUT2D eigenvalue weighted by Crippen LogP contribution is -2.18. The fourth-order valence-electron chi connectivity index (χ4n) is 2.00. The van der Waals surface area contributed by atoms with E-state index in [4.69, 9.17) is 9.47 Å². The number of esters is 1. The van der Waals surface area contributed by atoms with E-state index in [1.54, 1.807) is 32.2 Å². The Balaban J connectivity index is 1.94. The Labute approximate surface area is 150 Å². The quantitative estimate of drug-likeness (QED) is 0.524. The maximum atomic E-state index is 11.4. The third-order valence-corrected chi connectivity index (χ3v) is 3.61. The van der Waals surface area contributed by atoms with Crippen molar-refractivity contribution in [2.45, 2.75) is 26.9 Å². The molecular formula is C19H20BrNO3. The first-order valence-electron chi connectivity index (χ1n) is 7.66. The van der Waals surface area contributed by atoms with Gasteiger partial charge in [-0.1, -0.05) is 15.9 Å². The van der Waals surface area contributed by atoms with Gasteiger partial charge in [0.05, 0.1) is 11.8 Å². The van der Waals surface area contributed by atoms with Crippen molar-refractivity contribution in [3.63, 3.8) is 0 Å². The van der Waals surface area contributed by atoms with Crippen LogP contribution in [0.15, 0.2) is 51.9 Å². The molecule has 0 radical (unpaired) electrons. The van der Waals surface area contributed by atoms with E-state index in [-0.39, 0.29) is 18.7 Å². The Morgan fingerprint density at radius 2 is 1.92 bits per heavy atom. The Hall–Kier alpha value is -2.14. The zero-order valence-electron chi connectivity index (χ0n) is 14.0. The minimum atomic E-state index is -0.374. The lowest BCUT2D eigenvalue weighted by Gasteiger charge is -2.09. The largest absolute Gasteiger partial charge is 0.482 e. The van der Waals surface area contributed by atoms with Crippen LogP contribution < -0.4 is 4.74 Å². The van der Waals surface area contributed by atoms with Gasteiger partial charge in [-0.15, -0.1) is 0 Å². The first-order valence-corrected chi connectivity index (χ1v) is 8.46. The molecule has 2 rings (SSSR count). The molecule has 0 heterocycles. The molecule has 126 valence electrons. The molecule has 0 unspecified atom stereocenters. The molecule has 2 aromatic carbocycles. The Kier molecular flexibility index (Phi) is 6.55. The summed E-state index contributed by atoms with van der Waals surface area (Å²) in [5, 5.41) is 0. The van der Waals surface area contributed by atoms with E-state index in [1.165, 1.54) is 0 Å². The van der Waals surface area contributed by atoms with Gasteiger partial charge >= 0.3 is 5.97 Å². The molecule has 24 heavy (non-hydrogen) atoms. The number of nitrogens with zero attached hydrogens (tertiary/aromatic N) is 1. The van der Waals surface area contributed by atoms with Crippen molar-refractivity contribution in [2.24, 2.45) is 4.99 Å². The lowest BCUT2D eigenvalue weighted by atomic mass is 10.2. The van der Waals surface area contributed by atoms with Gasteiger partial charge in [-0.2, -0.15) is 0 Å². The van der Waals surface area contributed by atoms with Gasteiger partial charge in [-0.25, -0.2) is 4.79 Å². The first kappa shape index (κ1) is 18.2. The van der Waals surface area contributed by atoms with Crippen LogP contribution in [0.1, 0.15) is 25.0 Å². The molecule has 0 aliphatic rings. The number of halogens is 1. The van der Waals surface area contributed by atoms with Gasteiger partial charge in [-0.05, 0) is 74.4 Å². The SMILES string of the molecule is Cc1cc(Br)ccc1N=Cc1ccc(OCC(=O)OC(C)C)cc1. The standard InChI is InChI=1S/C19H20BrNO3/c1-13(2)24-19(22)12-23-17-7-4-15(5-8-17)11-21-18-9-6-16(20)10-14(18)3/h4-11,13H,12H2,1-3H3. The molecule has 5 heteroatoms. The van der Waals surface area contributed by atoms with Gasteiger partial charge in [0.25, 0.3) is 0 Å². The maximum Gasteiger partial charge on any atom is 0.344 e. The molecule has 0 spiro atoms.